The predicted octanol–water partition coefficient (Wildman–Crippen LogP) is 0.476. The first-order valence-electron chi connectivity index (χ1n) is 3.11. The number of hydrogen-bond donors (Lipinski definition) is 2. The van der Waals surface area contributed by atoms with Crippen LogP contribution >= 0.6 is 12.4 Å². The van der Waals surface area contributed by atoms with Crippen molar-refractivity contribution in [3.05, 3.63) is 0 Å². The molecule has 0 aromatic carbocycles. The van der Waals surface area contributed by atoms with Crippen molar-refractivity contribution in [3.63, 3.8) is 0 Å². The quantitative estimate of drug-likeness (QED) is 0.626. The van der Waals surface area contributed by atoms with Crippen molar-refractivity contribution in [2.45, 2.75) is 19.4 Å². The lowest BCUT2D eigenvalue weighted by Crippen LogP contribution is -2.19. The van der Waals surface area contributed by atoms with Crippen LogP contribution in [0.15, 0.2) is 0 Å². The zero-order valence-corrected chi connectivity index (χ0v) is 6.60. The molecule has 4 heteroatoms. The zero-order valence-electron chi connectivity index (χ0n) is 5.78. The van der Waals surface area contributed by atoms with E-state index in [4.69, 9.17) is 10.8 Å². The maximum atomic E-state index is 10.2. The summed E-state index contributed by atoms with van der Waals surface area (Å²) in [5.74, 6) is -0.607. The Morgan fingerprint density at radius 1 is 1.80 bits per heavy atom. The van der Waals surface area contributed by atoms with Crippen LogP contribution < -0.4 is 5.73 Å². The molecular formula is C6H12ClNO2. The molecule has 60 valence electrons. The van der Waals surface area contributed by atoms with E-state index in [-0.39, 0.29) is 30.3 Å². The second kappa shape index (κ2) is 3.21. The molecule has 0 aromatic heterocycles. The molecule has 0 radical (unpaired) electrons. The van der Waals surface area contributed by atoms with Crippen molar-refractivity contribution in [3.8, 4) is 0 Å². The molecule has 1 aliphatic carbocycles. The molecule has 0 heterocycles. The largest absolute Gasteiger partial charge is 0.481 e. The second-order valence-electron chi connectivity index (χ2n) is 2.70. The summed E-state index contributed by atoms with van der Waals surface area (Å²) in [6.07, 6.45) is 0.771. The molecule has 0 saturated heterocycles. The van der Waals surface area contributed by atoms with Crippen molar-refractivity contribution in [2.75, 3.05) is 0 Å². The van der Waals surface area contributed by atoms with Crippen LogP contribution in [0.3, 0.4) is 0 Å². The van der Waals surface area contributed by atoms with Gasteiger partial charge in [-0.25, -0.2) is 0 Å². The van der Waals surface area contributed by atoms with Gasteiger partial charge in [-0.15, -0.1) is 12.4 Å². The molecule has 0 bridgehead atoms. The molecule has 0 aromatic rings. The molecule has 3 atom stereocenters. The summed E-state index contributed by atoms with van der Waals surface area (Å²) in [5.41, 5.74) is 5.46. The van der Waals surface area contributed by atoms with Crippen LogP contribution in [-0.4, -0.2) is 17.1 Å². The minimum atomic E-state index is -0.697. The van der Waals surface area contributed by atoms with Crippen LogP contribution in [0, 0.1) is 11.8 Å². The fraction of sp³-hybridized carbons (Fsp3) is 0.833. The third-order valence-electron chi connectivity index (χ3n) is 1.83. The van der Waals surface area contributed by atoms with E-state index in [0.29, 0.717) is 0 Å². The van der Waals surface area contributed by atoms with E-state index in [9.17, 15) is 4.79 Å². The lowest BCUT2D eigenvalue weighted by molar-refractivity contribution is -0.138. The summed E-state index contributed by atoms with van der Waals surface area (Å²) in [5, 5.41) is 8.42. The highest BCUT2D eigenvalue weighted by Crippen LogP contribution is 2.40. The topological polar surface area (TPSA) is 63.3 Å². The first-order chi connectivity index (χ1) is 4.13. The van der Waals surface area contributed by atoms with Crippen LogP contribution in [0.2, 0.25) is 0 Å². The SMILES string of the molecule is CC(N)[C@@H]1C[C@H]1C(=O)O.Cl. The number of aliphatic carboxylic acids is 1. The highest BCUT2D eigenvalue weighted by atomic mass is 35.5. The Labute approximate surface area is 66.0 Å². The van der Waals surface area contributed by atoms with Crippen molar-refractivity contribution < 1.29 is 9.90 Å². The average Bonchev–Trinajstić information content (AvgIpc) is 2.39. The number of halogens is 1. The summed E-state index contributed by atoms with van der Waals surface area (Å²) in [7, 11) is 0. The Morgan fingerprint density at radius 3 is 2.40 bits per heavy atom. The number of carboxylic acids is 1. The van der Waals surface area contributed by atoms with Gasteiger partial charge in [0, 0.05) is 6.04 Å². The van der Waals surface area contributed by atoms with E-state index in [1.165, 1.54) is 0 Å². The lowest BCUT2D eigenvalue weighted by atomic mass is 10.2. The lowest BCUT2D eigenvalue weighted by Gasteiger charge is -1.98. The van der Waals surface area contributed by atoms with Crippen molar-refractivity contribution in [2.24, 2.45) is 17.6 Å². The number of carbonyl (C=O) groups is 1. The Kier molecular flexibility index (Phi) is 3.12. The van der Waals surface area contributed by atoms with Gasteiger partial charge >= 0.3 is 5.97 Å². The Morgan fingerprint density at radius 2 is 2.30 bits per heavy atom. The average molecular weight is 166 g/mol. The molecule has 1 unspecified atom stereocenters. The van der Waals surface area contributed by atoms with Crippen molar-refractivity contribution >= 4 is 18.4 Å². The molecule has 1 saturated carbocycles. The molecule has 1 aliphatic rings. The maximum Gasteiger partial charge on any atom is 0.306 e. The van der Waals surface area contributed by atoms with E-state index < -0.39 is 5.97 Å². The summed E-state index contributed by atoms with van der Waals surface area (Å²) in [6, 6.07) is 0.0473. The standard InChI is InChI=1S/C6H11NO2.ClH/c1-3(7)4-2-5(4)6(8)9;/h3-5H,2,7H2,1H3,(H,8,9);1H/t3?,4-,5+;/m0./s1. The van der Waals surface area contributed by atoms with Gasteiger partial charge in [0.25, 0.3) is 0 Å². The van der Waals surface area contributed by atoms with Crippen LogP contribution in [0.5, 0.6) is 0 Å². The van der Waals surface area contributed by atoms with Gasteiger partial charge in [-0.1, -0.05) is 0 Å². The minimum Gasteiger partial charge on any atom is -0.481 e. The van der Waals surface area contributed by atoms with Gasteiger partial charge in [-0.3, -0.25) is 4.79 Å². The Bertz CT molecular complexity index is 138. The number of nitrogens with two attached hydrogens (primary N) is 1. The first-order valence-corrected chi connectivity index (χ1v) is 3.11. The van der Waals surface area contributed by atoms with Gasteiger partial charge in [0.05, 0.1) is 5.92 Å². The van der Waals surface area contributed by atoms with Crippen LogP contribution in [0.25, 0.3) is 0 Å². The van der Waals surface area contributed by atoms with Gasteiger partial charge < -0.3 is 10.8 Å². The van der Waals surface area contributed by atoms with Gasteiger partial charge in [0.1, 0.15) is 0 Å². The molecule has 0 amide bonds. The highest BCUT2D eigenvalue weighted by molar-refractivity contribution is 5.85. The van der Waals surface area contributed by atoms with Crippen molar-refractivity contribution in [1.29, 1.82) is 0 Å². The van der Waals surface area contributed by atoms with Crippen molar-refractivity contribution in [1.82, 2.24) is 0 Å². The van der Waals surface area contributed by atoms with E-state index in [1.807, 2.05) is 6.92 Å². The molecule has 3 N–H and O–H groups in total. The number of hydrogen-bond acceptors (Lipinski definition) is 2. The minimum absolute atomic E-state index is 0. The zero-order chi connectivity index (χ0) is 7.02. The predicted molar refractivity (Wildman–Crippen MR) is 40.1 cm³/mol. The molecule has 3 nitrogen and oxygen atoms in total. The third-order valence-corrected chi connectivity index (χ3v) is 1.83. The fourth-order valence-corrected chi connectivity index (χ4v) is 1.08. The first kappa shape index (κ1) is 9.72. The van der Waals surface area contributed by atoms with E-state index in [2.05, 4.69) is 0 Å². The Balaban J connectivity index is 0.000000810. The summed E-state index contributed by atoms with van der Waals surface area (Å²) < 4.78 is 0. The van der Waals surface area contributed by atoms with Gasteiger partial charge in [-0.2, -0.15) is 0 Å². The molecule has 1 rings (SSSR count). The monoisotopic (exact) mass is 165 g/mol. The normalized spacial score (nSPS) is 32.2. The van der Waals surface area contributed by atoms with E-state index in [0.717, 1.165) is 6.42 Å². The third kappa shape index (κ3) is 1.85. The summed E-state index contributed by atoms with van der Waals surface area (Å²) in [4.78, 5) is 10.2. The second-order valence-corrected chi connectivity index (χ2v) is 2.70. The van der Waals surface area contributed by atoms with Crippen LogP contribution in [0.1, 0.15) is 13.3 Å². The van der Waals surface area contributed by atoms with Crippen LogP contribution in [0.4, 0.5) is 0 Å². The summed E-state index contributed by atoms with van der Waals surface area (Å²) in [6.45, 7) is 1.85. The fourth-order valence-electron chi connectivity index (χ4n) is 1.08. The van der Waals surface area contributed by atoms with Gasteiger partial charge in [0.15, 0.2) is 0 Å². The van der Waals surface area contributed by atoms with Gasteiger partial charge in [0.2, 0.25) is 0 Å². The van der Waals surface area contributed by atoms with Crippen LogP contribution in [-0.2, 0) is 4.79 Å². The molecule has 0 aliphatic heterocycles. The maximum absolute atomic E-state index is 10.2. The number of carboxylic acid groups (broad SMARTS) is 1. The van der Waals surface area contributed by atoms with E-state index in [1.54, 1.807) is 0 Å². The smallest absolute Gasteiger partial charge is 0.306 e. The summed E-state index contributed by atoms with van der Waals surface area (Å²) >= 11 is 0. The number of rotatable bonds is 2. The molecule has 0 spiro atoms. The molecule has 1 fully saturated rings. The van der Waals surface area contributed by atoms with Gasteiger partial charge in [-0.05, 0) is 19.3 Å². The molecule has 10 heavy (non-hydrogen) atoms. The molecular weight excluding hydrogens is 154 g/mol. The Hall–Kier alpha value is -0.280. The highest BCUT2D eigenvalue weighted by Gasteiger charge is 2.45. The van der Waals surface area contributed by atoms with E-state index >= 15 is 0 Å².